The maximum atomic E-state index is 11.9. The van der Waals surface area contributed by atoms with Crippen LogP contribution in [0.25, 0.3) is 34.0 Å². The predicted molar refractivity (Wildman–Crippen MR) is 346 cm³/mol. The van der Waals surface area contributed by atoms with Crippen LogP contribution in [0, 0.1) is 24.7 Å². The topological polar surface area (TPSA) is 239 Å². The van der Waals surface area contributed by atoms with Crippen molar-refractivity contribution in [2.24, 2.45) is 10.8 Å². The van der Waals surface area contributed by atoms with Gasteiger partial charge in [-0.25, -0.2) is 15.0 Å². The minimum Gasteiger partial charge on any atom is -0.476 e. The molecule has 1 aliphatic heterocycles. The first-order valence-corrected chi connectivity index (χ1v) is 37.4. The lowest BCUT2D eigenvalue weighted by Crippen LogP contribution is -2.41. The van der Waals surface area contributed by atoms with Gasteiger partial charge in [-0.3, -0.25) is 14.6 Å². The summed E-state index contributed by atoms with van der Waals surface area (Å²) < 4.78 is 59.8. The number of pyridine rings is 4. The first kappa shape index (κ1) is 72.4. The van der Waals surface area contributed by atoms with Crippen molar-refractivity contribution in [3.63, 3.8) is 0 Å². The zero-order valence-electron chi connectivity index (χ0n) is 55.9. The number of aromatic nitrogens is 10. The Bertz CT molecular complexity index is 3210. The lowest BCUT2D eigenvalue weighted by Gasteiger charge is -2.32. The number of carbonyl (C=O) groups excluding carboxylic acids is 2. The molecule has 482 valence electrons. The third-order valence-corrected chi connectivity index (χ3v) is 17.6. The van der Waals surface area contributed by atoms with Crippen LogP contribution in [0.4, 0.5) is 0 Å². The minimum atomic E-state index is -1.18. The van der Waals surface area contributed by atoms with Gasteiger partial charge in [-0.15, -0.1) is 10.2 Å². The molecule has 0 aliphatic carbocycles. The second-order valence-electron chi connectivity index (χ2n) is 26.9. The molecule has 7 heterocycles. The van der Waals surface area contributed by atoms with E-state index in [4.69, 9.17) is 58.8 Å². The van der Waals surface area contributed by atoms with Crippen LogP contribution in [0.3, 0.4) is 0 Å². The SMILES string of the molecule is CC(C)Oc1nc(-c2ccc(Cl)nc2)nn1COCC[Si](C)(C)C.COC(=O)C(C)(C)COc1cc(C)c(-c2ccc(-c3nc(OC(C)C)n(COCC[Si](C)(C)C)n3)cn2)cn1.COC(=O)C(C)(C)COc1cc(C)c(B2OC(C)(C)C(C)(C)O2)cn1. The third kappa shape index (κ3) is 21.7. The van der Waals surface area contributed by atoms with Gasteiger partial charge in [0.1, 0.15) is 31.8 Å². The number of methoxy groups -OCH3 is 2. The highest BCUT2D eigenvalue weighted by atomic mass is 35.5. The van der Waals surface area contributed by atoms with Crippen LogP contribution in [0.2, 0.25) is 56.5 Å². The maximum absolute atomic E-state index is 11.9. The van der Waals surface area contributed by atoms with Gasteiger partial charge >= 0.3 is 31.1 Å². The molecule has 0 N–H and O–H groups in total. The molecule has 0 spiro atoms. The van der Waals surface area contributed by atoms with Gasteiger partial charge in [-0.05, 0) is 144 Å². The van der Waals surface area contributed by atoms with Crippen LogP contribution < -0.4 is 24.4 Å². The maximum Gasteiger partial charge on any atom is 0.496 e. The molecule has 0 unspecified atom stereocenters. The highest BCUT2D eigenvalue weighted by molar-refractivity contribution is 6.76. The number of carbonyl (C=O) groups is 2. The summed E-state index contributed by atoms with van der Waals surface area (Å²) in [6, 6.07) is 14.1. The van der Waals surface area contributed by atoms with Gasteiger partial charge in [0, 0.05) is 88.4 Å². The summed E-state index contributed by atoms with van der Waals surface area (Å²) in [5.41, 5.74) is 3.65. The summed E-state index contributed by atoms with van der Waals surface area (Å²) in [5.74, 6) is 1.29. The van der Waals surface area contributed by atoms with Crippen LogP contribution in [-0.2, 0) is 51.3 Å². The Morgan fingerprint density at radius 1 is 0.625 bits per heavy atom. The molecule has 6 aromatic rings. The van der Waals surface area contributed by atoms with E-state index >= 15 is 0 Å². The molecule has 22 nitrogen and oxygen atoms in total. The van der Waals surface area contributed by atoms with Crippen molar-refractivity contribution < 1.29 is 56.8 Å². The van der Waals surface area contributed by atoms with Crippen molar-refractivity contribution in [1.29, 1.82) is 0 Å². The fourth-order valence-electron chi connectivity index (χ4n) is 7.81. The number of rotatable bonds is 26. The number of hydrogen-bond acceptors (Lipinski definition) is 20. The van der Waals surface area contributed by atoms with Crippen LogP contribution in [0.5, 0.6) is 23.8 Å². The molecular weight excluding hydrogens is 1180 g/mol. The third-order valence-electron chi connectivity index (χ3n) is 14.0. The van der Waals surface area contributed by atoms with Crippen LogP contribution >= 0.6 is 11.6 Å². The molecule has 0 atom stereocenters. The monoisotopic (exact) mass is 1270 g/mol. The normalized spacial score (nSPS) is 14.0. The summed E-state index contributed by atoms with van der Waals surface area (Å²) in [4.78, 5) is 50.1. The summed E-state index contributed by atoms with van der Waals surface area (Å²) >= 11 is 5.83. The molecular formula is C62H94BClN10O12Si2. The van der Waals surface area contributed by atoms with E-state index in [9.17, 15) is 9.59 Å². The van der Waals surface area contributed by atoms with Gasteiger partial charge in [0.25, 0.3) is 0 Å². The molecule has 1 aliphatic rings. The quantitative estimate of drug-likeness (QED) is 0.0212. The Balaban J connectivity index is 0.000000251. The number of esters is 2. The Hall–Kier alpha value is -6.35. The molecule has 7 rings (SSSR count). The molecule has 0 amide bonds. The summed E-state index contributed by atoms with van der Waals surface area (Å²) in [5, 5.41) is 9.54. The Kier molecular flexibility index (Phi) is 25.4. The fraction of sp³-hybridized carbons (Fsp3) is 0.581. The number of ether oxygens (including phenoxy) is 8. The van der Waals surface area contributed by atoms with Crippen molar-refractivity contribution in [3.8, 4) is 57.8 Å². The highest BCUT2D eigenvalue weighted by Gasteiger charge is 2.52. The van der Waals surface area contributed by atoms with Gasteiger partial charge in [0.15, 0.2) is 11.6 Å². The molecule has 88 heavy (non-hydrogen) atoms. The van der Waals surface area contributed by atoms with Crippen LogP contribution in [-0.4, -0.2) is 149 Å². The van der Waals surface area contributed by atoms with E-state index in [1.165, 1.54) is 14.2 Å². The van der Waals surface area contributed by atoms with Crippen molar-refractivity contribution in [3.05, 3.63) is 77.5 Å². The van der Waals surface area contributed by atoms with Gasteiger partial charge in [0.2, 0.25) is 11.8 Å². The zero-order valence-corrected chi connectivity index (χ0v) is 58.7. The Morgan fingerprint density at radius 3 is 1.43 bits per heavy atom. The smallest absolute Gasteiger partial charge is 0.476 e. The first-order valence-electron chi connectivity index (χ1n) is 29.6. The van der Waals surface area contributed by atoms with Crippen molar-refractivity contribution in [2.45, 2.75) is 185 Å². The van der Waals surface area contributed by atoms with Gasteiger partial charge in [-0.1, -0.05) is 50.9 Å². The minimum absolute atomic E-state index is 0.00567. The molecule has 6 aromatic heterocycles. The average molecular weight is 1270 g/mol. The van der Waals surface area contributed by atoms with E-state index in [1.807, 2.05) is 99.6 Å². The first-order chi connectivity index (χ1) is 40.9. The summed E-state index contributed by atoms with van der Waals surface area (Å²) in [6.45, 7) is 43.1. The average Bonchev–Trinajstić information content (AvgIpc) is 3.22. The molecule has 0 bridgehead atoms. The molecule has 26 heteroatoms. The van der Waals surface area contributed by atoms with Gasteiger partial charge in [0.05, 0.1) is 54.2 Å². The largest absolute Gasteiger partial charge is 0.496 e. The van der Waals surface area contributed by atoms with E-state index in [0.29, 0.717) is 60.5 Å². The Morgan fingerprint density at radius 2 is 1.06 bits per heavy atom. The molecule has 0 aromatic carbocycles. The molecule has 0 radical (unpaired) electrons. The van der Waals surface area contributed by atoms with E-state index in [1.54, 1.807) is 67.9 Å². The van der Waals surface area contributed by atoms with E-state index in [0.717, 1.165) is 51.1 Å². The number of hydrogen-bond donors (Lipinski definition) is 0. The lowest BCUT2D eigenvalue weighted by molar-refractivity contribution is -0.153. The number of nitrogens with zero attached hydrogens (tertiary/aromatic N) is 10. The molecule has 1 fully saturated rings. The second kappa shape index (κ2) is 30.9. The number of aryl methyl sites for hydroxylation is 2. The summed E-state index contributed by atoms with van der Waals surface area (Å²) in [6.07, 6.45) is 6.77. The van der Waals surface area contributed by atoms with Crippen LogP contribution in [0.1, 0.15) is 94.2 Å². The second-order valence-corrected chi connectivity index (χ2v) is 38.5. The van der Waals surface area contributed by atoms with E-state index in [-0.39, 0.29) is 44.1 Å². The van der Waals surface area contributed by atoms with Crippen molar-refractivity contribution >= 4 is 52.3 Å². The van der Waals surface area contributed by atoms with Gasteiger partial charge in [-0.2, -0.15) is 19.3 Å². The fourth-order valence-corrected chi connectivity index (χ4v) is 9.43. The highest BCUT2D eigenvalue weighted by Crippen LogP contribution is 2.37. The van der Waals surface area contributed by atoms with Crippen molar-refractivity contribution in [1.82, 2.24) is 49.5 Å². The molecule has 0 saturated carbocycles. The number of halogens is 1. The zero-order chi connectivity index (χ0) is 65.6. The summed E-state index contributed by atoms with van der Waals surface area (Å²) in [7, 11) is -0.0173. The van der Waals surface area contributed by atoms with Crippen molar-refractivity contribution in [2.75, 3.05) is 40.6 Å². The van der Waals surface area contributed by atoms with E-state index < -0.39 is 45.3 Å². The van der Waals surface area contributed by atoms with Crippen LogP contribution in [0.15, 0.2) is 61.2 Å². The van der Waals surface area contributed by atoms with Gasteiger partial charge < -0.3 is 47.2 Å². The standard InChI is InChI=1S/C28H41N5O5Si.C18H28BNO5.C16H25ClN4O2Si/c1-19(2)38-27-31-25(32-33(27)18-36-12-13-39(7,8)9)21-10-11-23(29-15-21)22-16-30-24(14-20(22)3)37-17-28(4,5)26(34)35-6;1-12-9-14(23-11-16(2,3)15(21)22-8)20-10-13(12)19-24-17(4,5)18(6,7)25-19;1-12(2)23-16-19-15(13-6-7-14(17)18-10-13)20-21(16)11-22-8-9-24(3,4)5/h10-11,14-16,19H,12-13,17-18H2,1-9H3;9-10H,11H2,1-8H3;6-7,10,12H,8-9,11H2,1-5H3. The molecule has 1 saturated heterocycles. The van der Waals surface area contributed by atoms with E-state index in [2.05, 4.69) is 79.4 Å². The predicted octanol–water partition coefficient (Wildman–Crippen LogP) is 11.7. The Labute approximate surface area is 528 Å². The lowest BCUT2D eigenvalue weighted by atomic mass is 9.77.